The highest BCUT2D eigenvalue weighted by Gasteiger charge is 2.31. The lowest BCUT2D eigenvalue weighted by atomic mass is 10.1. The first-order chi connectivity index (χ1) is 12.5. The molecule has 0 saturated carbocycles. The van der Waals surface area contributed by atoms with Crippen LogP contribution in [0, 0.1) is 5.82 Å². The van der Waals surface area contributed by atoms with Crippen LogP contribution in [0.15, 0.2) is 59.9 Å². The van der Waals surface area contributed by atoms with Crippen molar-refractivity contribution in [2.24, 2.45) is 0 Å². The van der Waals surface area contributed by atoms with E-state index in [0.717, 1.165) is 0 Å². The zero-order valence-corrected chi connectivity index (χ0v) is 15.2. The van der Waals surface area contributed by atoms with Crippen LogP contribution in [0.2, 0.25) is 0 Å². The quantitative estimate of drug-likeness (QED) is 0.671. The number of likely N-dealkylation sites (N-methyl/N-ethyl adjacent to an activating group) is 1. The highest BCUT2D eigenvalue weighted by molar-refractivity contribution is 7.89. The van der Waals surface area contributed by atoms with E-state index >= 15 is 0 Å². The topological polar surface area (TPSA) is 79.0 Å². The summed E-state index contributed by atoms with van der Waals surface area (Å²) in [7, 11) is -3.86. The number of pyridine rings is 1. The van der Waals surface area contributed by atoms with Gasteiger partial charge >= 0.3 is 0 Å². The van der Waals surface area contributed by atoms with Crippen molar-refractivity contribution in [2.75, 3.05) is 6.54 Å². The second-order valence-electron chi connectivity index (χ2n) is 5.71. The summed E-state index contributed by atoms with van der Waals surface area (Å²) in [6.45, 7) is 3.81. The fourth-order valence-corrected chi connectivity index (χ4v) is 4.35. The summed E-state index contributed by atoms with van der Waals surface area (Å²) in [6, 6.07) is 6.76. The molecule has 1 aromatic carbocycles. The monoisotopic (exact) mass is 374 g/mol. The van der Waals surface area contributed by atoms with Crippen LogP contribution in [0.3, 0.4) is 0 Å². The Kier molecular flexibility index (Phi) is 5.15. The molecule has 0 radical (unpaired) electrons. The zero-order valence-electron chi connectivity index (χ0n) is 14.4. The van der Waals surface area contributed by atoms with E-state index in [1.165, 1.54) is 28.7 Å². The standard InChI is InChI=1S/C18H19FN4O2S/c1-3-5-17(13-6-8-15(19)9-7-13)23(4-2)26(24,25)18-10-14-11-21-22-16(14)12-20-18/h3,5-12,17H,4H2,1-2H3,(H,21,22)/b5-3-/t17-/m0/s1. The molecule has 136 valence electrons. The van der Waals surface area contributed by atoms with E-state index in [1.54, 1.807) is 37.4 Å². The molecule has 0 bridgehead atoms. The van der Waals surface area contributed by atoms with Crippen molar-refractivity contribution in [1.82, 2.24) is 19.5 Å². The third kappa shape index (κ3) is 3.38. The van der Waals surface area contributed by atoms with Gasteiger partial charge in [-0.15, -0.1) is 0 Å². The van der Waals surface area contributed by atoms with Gasteiger partial charge in [-0.3, -0.25) is 5.10 Å². The first-order valence-corrected chi connectivity index (χ1v) is 9.60. The molecule has 0 aliphatic carbocycles. The summed E-state index contributed by atoms with van der Waals surface area (Å²) < 4.78 is 41.0. The maximum Gasteiger partial charge on any atom is 0.261 e. The maximum absolute atomic E-state index is 13.3. The van der Waals surface area contributed by atoms with Crippen molar-refractivity contribution in [3.63, 3.8) is 0 Å². The Morgan fingerprint density at radius 1 is 1.27 bits per heavy atom. The normalized spacial score (nSPS) is 13.7. The molecule has 0 aliphatic rings. The first-order valence-electron chi connectivity index (χ1n) is 8.16. The number of benzene rings is 1. The molecule has 3 aromatic rings. The van der Waals surface area contributed by atoms with Gasteiger partial charge in [-0.2, -0.15) is 9.40 Å². The first kappa shape index (κ1) is 18.2. The van der Waals surface area contributed by atoms with E-state index in [-0.39, 0.29) is 17.4 Å². The Balaban J connectivity index is 2.07. The molecule has 3 rings (SSSR count). The average Bonchev–Trinajstić information content (AvgIpc) is 3.10. The van der Waals surface area contributed by atoms with Gasteiger partial charge in [0.15, 0.2) is 5.03 Å². The Bertz CT molecular complexity index is 1030. The summed E-state index contributed by atoms with van der Waals surface area (Å²) in [6.07, 6.45) is 6.55. The predicted octanol–water partition coefficient (Wildman–Crippen LogP) is 3.43. The van der Waals surface area contributed by atoms with Crippen LogP contribution in [-0.2, 0) is 10.0 Å². The van der Waals surface area contributed by atoms with Crippen molar-refractivity contribution in [3.05, 3.63) is 66.3 Å². The number of nitrogens with one attached hydrogen (secondary N) is 1. The van der Waals surface area contributed by atoms with Crippen LogP contribution in [0.1, 0.15) is 25.5 Å². The summed E-state index contributed by atoms with van der Waals surface area (Å²) in [5, 5.41) is 7.25. The summed E-state index contributed by atoms with van der Waals surface area (Å²) in [5.41, 5.74) is 1.34. The molecule has 1 atom stereocenters. The van der Waals surface area contributed by atoms with Gasteiger partial charge in [0.2, 0.25) is 0 Å². The molecule has 2 aromatic heterocycles. The van der Waals surface area contributed by atoms with Gasteiger partial charge in [0, 0.05) is 11.9 Å². The second kappa shape index (κ2) is 7.35. The highest BCUT2D eigenvalue weighted by Crippen LogP contribution is 2.29. The Labute approximate surface area is 151 Å². The number of fused-ring (bicyclic) bond motifs is 1. The van der Waals surface area contributed by atoms with E-state index in [9.17, 15) is 12.8 Å². The molecular formula is C18H19FN4O2S. The van der Waals surface area contributed by atoms with Crippen LogP contribution in [0.25, 0.3) is 10.9 Å². The third-order valence-electron chi connectivity index (χ3n) is 4.08. The molecule has 0 amide bonds. The lowest BCUT2D eigenvalue weighted by Gasteiger charge is -2.28. The molecule has 2 heterocycles. The number of hydrogen-bond donors (Lipinski definition) is 1. The number of hydrogen-bond acceptors (Lipinski definition) is 4. The second-order valence-corrected chi connectivity index (χ2v) is 7.55. The lowest BCUT2D eigenvalue weighted by Crippen LogP contribution is -2.34. The van der Waals surface area contributed by atoms with Gasteiger partial charge in [-0.05, 0) is 30.7 Å². The number of aromatic nitrogens is 3. The van der Waals surface area contributed by atoms with Crippen molar-refractivity contribution in [2.45, 2.75) is 24.9 Å². The molecular weight excluding hydrogens is 355 g/mol. The van der Waals surface area contributed by atoms with E-state index < -0.39 is 16.1 Å². The van der Waals surface area contributed by atoms with Crippen LogP contribution in [-0.4, -0.2) is 34.4 Å². The molecule has 0 unspecified atom stereocenters. The fraction of sp³-hybridized carbons (Fsp3) is 0.222. The predicted molar refractivity (Wildman–Crippen MR) is 97.4 cm³/mol. The van der Waals surface area contributed by atoms with Gasteiger partial charge in [-0.25, -0.2) is 17.8 Å². The van der Waals surface area contributed by atoms with E-state index in [1.807, 2.05) is 6.92 Å². The number of sulfonamides is 1. The molecule has 0 fully saturated rings. The van der Waals surface area contributed by atoms with Crippen molar-refractivity contribution in [1.29, 1.82) is 0 Å². The number of aromatic amines is 1. The SMILES string of the molecule is C/C=C\[C@@H](c1ccc(F)cc1)N(CC)S(=O)(=O)c1cc2cn[nH]c2cn1. The van der Waals surface area contributed by atoms with Crippen LogP contribution in [0.4, 0.5) is 4.39 Å². The third-order valence-corrected chi connectivity index (χ3v) is 5.94. The number of H-pyrrole nitrogens is 1. The molecule has 0 spiro atoms. The Morgan fingerprint density at radius 2 is 2.00 bits per heavy atom. The number of halogens is 1. The van der Waals surface area contributed by atoms with E-state index in [0.29, 0.717) is 16.5 Å². The van der Waals surface area contributed by atoms with Gasteiger partial charge in [0.25, 0.3) is 10.0 Å². The average molecular weight is 374 g/mol. The number of rotatable bonds is 6. The molecule has 1 N–H and O–H groups in total. The van der Waals surface area contributed by atoms with Gasteiger partial charge < -0.3 is 0 Å². The minimum Gasteiger partial charge on any atom is -0.276 e. The molecule has 8 heteroatoms. The highest BCUT2D eigenvalue weighted by atomic mass is 32.2. The van der Waals surface area contributed by atoms with Crippen LogP contribution in [0.5, 0.6) is 0 Å². The minimum absolute atomic E-state index is 0.0511. The Morgan fingerprint density at radius 3 is 2.65 bits per heavy atom. The van der Waals surface area contributed by atoms with Crippen molar-refractivity contribution < 1.29 is 12.8 Å². The number of allylic oxidation sites excluding steroid dienone is 1. The summed E-state index contributed by atoms with van der Waals surface area (Å²) in [5.74, 6) is -0.369. The molecule has 0 aliphatic heterocycles. The van der Waals surface area contributed by atoms with Gasteiger partial charge in [0.1, 0.15) is 5.82 Å². The molecule has 26 heavy (non-hydrogen) atoms. The van der Waals surface area contributed by atoms with E-state index in [4.69, 9.17) is 0 Å². The van der Waals surface area contributed by atoms with Gasteiger partial charge in [0.05, 0.1) is 24.0 Å². The Hall–Kier alpha value is -2.58. The summed E-state index contributed by atoms with van der Waals surface area (Å²) in [4.78, 5) is 4.08. The van der Waals surface area contributed by atoms with Gasteiger partial charge in [-0.1, -0.05) is 31.2 Å². The fourth-order valence-electron chi connectivity index (χ4n) is 2.82. The van der Waals surface area contributed by atoms with Crippen molar-refractivity contribution >= 4 is 20.9 Å². The zero-order chi connectivity index (χ0) is 18.7. The summed E-state index contributed by atoms with van der Waals surface area (Å²) >= 11 is 0. The molecule has 6 nitrogen and oxygen atoms in total. The van der Waals surface area contributed by atoms with Crippen LogP contribution < -0.4 is 0 Å². The van der Waals surface area contributed by atoms with Crippen LogP contribution >= 0.6 is 0 Å². The van der Waals surface area contributed by atoms with Crippen molar-refractivity contribution in [3.8, 4) is 0 Å². The van der Waals surface area contributed by atoms with E-state index in [2.05, 4.69) is 15.2 Å². The maximum atomic E-state index is 13.3. The largest absolute Gasteiger partial charge is 0.276 e. The smallest absolute Gasteiger partial charge is 0.261 e. The molecule has 0 saturated heterocycles. The lowest BCUT2D eigenvalue weighted by molar-refractivity contribution is 0.381. The number of nitrogens with zero attached hydrogens (tertiary/aromatic N) is 3. The minimum atomic E-state index is -3.86.